The zero-order valence-electron chi connectivity index (χ0n) is 7.78. The summed E-state index contributed by atoms with van der Waals surface area (Å²) in [5, 5.41) is 0. The van der Waals surface area contributed by atoms with E-state index in [-0.39, 0.29) is 6.61 Å². The average molecular weight is 204 g/mol. The molecule has 0 N–H and O–H groups in total. The lowest BCUT2D eigenvalue weighted by atomic mass is 10.5. The highest BCUT2D eigenvalue weighted by atomic mass is 16.5. The van der Waals surface area contributed by atoms with Gasteiger partial charge in [-0.2, -0.15) is 0 Å². The summed E-state index contributed by atoms with van der Waals surface area (Å²) >= 11 is 0. The Morgan fingerprint density at radius 3 is 2.93 bits per heavy atom. The first-order valence-corrected chi connectivity index (χ1v) is 4.26. The van der Waals surface area contributed by atoms with E-state index in [0.29, 0.717) is 5.69 Å². The fraction of sp³-hybridized carbons (Fsp3) is 0.111. The summed E-state index contributed by atoms with van der Waals surface area (Å²) in [5.41, 5.74) is 0.603. The summed E-state index contributed by atoms with van der Waals surface area (Å²) in [6.07, 6.45) is 8.54. The molecular formula is C9H8N4O2. The minimum absolute atomic E-state index is 0.102. The molecule has 0 saturated carbocycles. The largest absolute Gasteiger partial charge is 0.442 e. The van der Waals surface area contributed by atoms with Gasteiger partial charge in [0.1, 0.15) is 12.9 Å². The quantitative estimate of drug-likeness (QED) is 0.725. The summed E-state index contributed by atoms with van der Waals surface area (Å²) in [6, 6.07) is 0. The molecule has 2 aromatic rings. The van der Waals surface area contributed by atoms with Crippen LogP contribution in [0.15, 0.2) is 37.3 Å². The van der Waals surface area contributed by atoms with Crippen LogP contribution in [-0.2, 0) is 11.3 Å². The predicted molar refractivity (Wildman–Crippen MR) is 49.8 cm³/mol. The molecule has 15 heavy (non-hydrogen) atoms. The van der Waals surface area contributed by atoms with Gasteiger partial charge >= 0.3 is 6.09 Å². The molecule has 0 saturated heterocycles. The number of carbonyl (C=O) groups excluding carboxylic acids is 1. The van der Waals surface area contributed by atoms with Crippen molar-refractivity contribution in [3.63, 3.8) is 0 Å². The van der Waals surface area contributed by atoms with Gasteiger partial charge in [-0.3, -0.25) is 9.97 Å². The number of hydrogen-bond donors (Lipinski definition) is 0. The number of aromatic nitrogens is 4. The molecule has 0 aliphatic rings. The standard InChI is InChI=1S/C9H8N4O2/c14-9(13-4-3-11-7-13)15-6-8-5-10-1-2-12-8/h1-5,7H,6H2. The van der Waals surface area contributed by atoms with Crippen molar-refractivity contribution in [2.45, 2.75) is 6.61 Å². The van der Waals surface area contributed by atoms with Crippen LogP contribution in [0.1, 0.15) is 5.69 Å². The molecular weight excluding hydrogens is 196 g/mol. The summed E-state index contributed by atoms with van der Waals surface area (Å²) in [4.78, 5) is 22.9. The molecule has 0 spiro atoms. The van der Waals surface area contributed by atoms with Gasteiger partial charge in [-0.15, -0.1) is 0 Å². The fourth-order valence-corrected chi connectivity index (χ4v) is 0.982. The van der Waals surface area contributed by atoms with Crippen LogP contribution in [0.5, 0.6) is 0 Å². The van der Waals surface area contributed by atoms with E-state index in [2.05, 4.69) is 15.0 Å². The molecule has 76 valence electrons. The Hall–Kier alpha value is -2.24. The van der Waals surface area contributed by atoms with E-state index in [1.165, 1.54) is 23.3 Å². The minimum Gasteiger partial charge on any atom is -0.442 e. The second-order valence-electron chi connectivity index (χ2n) is 2.72. The van der Waals surface area contributed by atoms with Crippen molar-refractivity contribution in [3.8, 4) is 0 Å². The zero-order valence-corrected chi connectivity index (χ0v) is 7.78. The van der Waals surface area contributed by atoms with Crippen molar-refractivity contribution in [1.29, 1.82) is 0 Å². The normalized spacial score (nSPS) is 9.87. The van der Waals surface area contributed by atoms with Crippen LogP contribution in [0.3, 0.4) is 0 Å². The first-order chi connectivity index (χ1) is 7.36. The highest BCUT2D eigenvalue weighted by Gasteiger charge is 2.05. The third-order valence-electron chi connectivity index (χ3n) is 1.68. The maximum atomic E-state index is 11.3. The molecule has 0 unspecified atom stereocenters. The number of rotatable bonds is 2. The van der Waals surface area contributed by atoms with E-state index in [0.717, 1.165) is 0 Å². The van der Waals surface area contributed by atoms with Crippen LogP contribution in [0.25, 0.3) is 0 Å². The van der Waals surface area contributed by atoms with Crippen molar-refractivity contribution >= 4 is 6.09 Å². The van der Waals surface area contributed by atoms with Crippen LogP contribution in [-0.4, -0.2) is 25.6 Å². The summed E-state index contributed by atoms with van der Waals surface area (Å²) in [6.45, 7) is 0.102. The Kier molecular flexibility index (Phi) is 2.68. The Morgan fingerprint density at radius 2 is 2.27 bits per heavy atom. The lowest BCUT2D eigenvalue weighted by molar-refractivity contribution is 0.139. The smallest absolute Gasteiger partial charge is 0.419 e. The van der Waals surface area contributed by atoms with Gasteiger partial charge in [-0.25, -0.2) is 14.3 Å². The third-order valence-corrected chi connectivity index (χ3v) is 1.68. The average Bonchev–Trinajstić information content (AvgIpc) is 2.81. The number of nitrogens with zero attached hydrogens (tertiary/aromatic N) is 4. The first kappa shape index (κ1) is 9.32. The van der Waals surface area contributed by atoms with Crippen LogP contribution in [0, 0.1) is 0 Å². The van der Waals surface area contributed by atoms with Crippen LogP contribution in [0.4, 0.5) is 4.79 Å². The van der Waals surface area contributed by atoms with E-state index in [1.807, 2.05) is 0 Å². The molecule has 0 bridgehead atoms. The van der Waals surface area contributed by atoms with E-state index in [4.69, 9.17) is 4.74 Å². The number of ether oxygens (including phenoxy) is 1. The van der Waals surface area contributed by atoms with Gasteiger partial charge in [0, 0.05) is 24.8 Å². The van der Waals surface area contributed by atoms with Crippen LogP contribution >= 0.6 is 0 Å². The highest BCUT2D eigenvalue weighted by Crippen LogP contribution is 1.96. The molecule has 2 aromatic heterocycles. The van der Waals surface area contributed by atoms with E-state index < -0.39 is 6.09 Å². The Bertz CT molecular complexity index is 427. The summed E-state index contributed by atoms with van der Waals surface area (Å²) in [5.74, 6) is 0. The van der Waals surface area contributed by atoms with E-state index in [9.17, 15) is 4.79 Å². The first-order valence-electron chi connectivity index (χ1n) is 4.26. The lowest BCUT2D eigenvalue weighted by Gasteiger charge is -2.02. The predicted octanol–water partition coefficient (Wildman–Crippen LogP) is 0.858. The van der Waals surface area contributed by atoms with E-state index >= 15 is 0 Å². The van der Waals surface area contributed by atoms with Crippen molar-refractivity contribution in [2.24, 2.45) is 0 Å². The minimum atomic E-state index is -0.488. The highest BCUT2D eigenvalue weighted by molar-refractivity contribution is 5.69. The molecule has 0 atom stereocenters. The molecule has 6 nitrogen and oxygen atoms in total. The molecule has 0 aliphatic carbocycles. The van der Waals surface area contributed by atoms with Crippen molar-refractivity contribution < 1.29 is 9.53 Å². The molecule has 2 heterocycles. The van der Waals surface area contributed by atoms with Gasteiger partial charge in [-0.1, -0.05) is 0 Å². The lowest BCUT2D eigenvalue weighted by Crippen LogP contribution is -2.12. The van der Waals surface area contributed by atoms with Gasteiger partial charge in [0.05, 0.1) is 11.9 Å². The maximum Gasteiger partial charge on any atom is 0.419 e. The van der Waals surface area contributed by atoms with Gasteiger partial charge in [0.25, 0.3) is 0 Å². The Morgan fingerprint density at radius 1 is 1.33 bits per heavy atom. The number of hydrogen-bond acceptors (Lipinski definition) is 5. The van der Waals surface area contributed by atoms with Gasteiger partial charge in [-0.05, 0) is 0 Å². The molecule has 0 aliphatic heterocycles. The SMILES string of the molecule is O=C(OCc1cnccn1)n1ccnc1. The van der Waals surface area contributed by atoms with Crippen molar-refractivity contribution in [1.82, 2.24) is 19.5 Å². The second kappa shape index (κ2) is 4.32. The number of imidazole rings is 1. The molecule has 2 rings (SSSR count). The third kappa shape index (κ3) is 2.37. The molecule has 0 aromatic carbocycles. The van der Waals surface area contributed by atoms with Gasteiger partial charge in [0.15, 0.2) is 0 Å². The van der Waals surface area contributed by atoms with Crippen LogP contribution in [0.2, 0.25) is 0 Å². The zero-order chi connectivity index (χ0) is 10.5. The second-order valence-corrected chi connectivity index (χ2v) is 2.72. The summed E-state index contributed by atoms with van der Waals surface area (Å²) in [7, 11) is 0. The molecule has 0 radical (unpaired) electrons. The maximum absolute atomic E-state index is 11.3. The fourth-order valence-electron chi connectivity index (χ4n) is 0.982. The van der Waals surface area contributed by atoms with Gasteiger partial charge < -0.3 is 4.74 Å². The van der Waals surface area contributed by atoms with Crippen LogP contribution < -0.4 is 0 Å². The monoisotopic (exact) mass is 204 g/mol. The summed E-state index contributed by atoms with van der Waals surface area (Å²) < 4.78 is 6.20. The topological polar surface area (TPSA) is 69.9 Å². The molecule has 0 fully saturated rings. The van der Waals surface area contributed by atoms with Crippen molar-refractivity contribution in [2.75, 3.05) is 0 Å². The Balaban J connectivity index is 1.92. The number of carbonyl (C=O) groups is 1. The van der Waals surface area contributed by atoms with Gasteiger partial charge in [0.2, 0.25) is 0 Å². The molecule has 0 amide bonds. The van der Waals surface area contributed by atoms with Crippen molar-refractivity contribution in [3.05, 3.63) is 43.0 Å². The Labute approximate surface area is 85.6 Å². The molecule has 6 heteroatoms. The van der Waals surface area contributed by atoms with E-state index in [1.54, 1.807) is 18.6 Å².